The van der Waals surface area contributed by atoms with Crippen LogP contribution in [0.2, 0.25) is 0 Å². The lowest BCUT2D eigenvalue weighted by Crippen LogP contribution is -2.04. The Morgan fingerprint density at radius 2 is 0.850 bits per heavy atom. The molecule has 0 aliphatic heterocycles. The first kappa shape index (κ1) is 28.2. The molecular formula is C27H23N3O6S4. The largest absolute Gasteiger partial charge is 0.264 e. The van der Waals surface area contributed by atoms with Crippen LogP contribution >= 0.6 is 22.7 Å². The number of aromatic nitrogens is 3. The van der Waals surface area contributed by atoms with Crippen LogP contribution in [0.1, 0.15) is 11.4 Å². The summed E-state index contributed by atoms with van der Waals surface area (Å²) in [7, 11) is -7.11. The number of pyridine rings is 3. The summed E-state index contributed by atoms with van der Waals surface area (Å²) in [6, 6.07) is 24.6. The van der Waals surface area contributed by atoms with E-state index < -0.39 is 20.2 Å². The van der Waals surface area contributed by atoms with Gasteiger partial charge in [-0.2, -0.15) is 16.8 Å². The number of thiophene rings is 2. The molecule has 0 saturated heterocycles. The second-order valence-corrected chi connectivity index (χ2v) is 14.2. The summed E-state index contributed by atoms with van der Waals surface area (Å²) in [6.07, 6.45) is 2.02. The van der Waals surface area contributed by atoms with Crippen molar-refractivity contribution in [3.05, 3.63) is 90.3 Å². The molecule has 13 heteroatoms. The molecule has 0 aliphatic carbocycles. The number of hydrogen-bond donors (Lipinski definition) is 0. The van der Waals surface area contributed by atoms with Crippen molar-refractivity contribution in [3.8, 4) is 42.3 Å². The molecular weight excluding hydrogens is 591 g/mol. The van der Waals surface area contributed by atoms with E-state index in [0.29, 0.717) is 11.4 Å². The van der Waals surface area contributed by atoms with Gasteiger partial charge in [-0.3, -0.25) is 8.37 Å². The van der Waals surface area contributed by atoms with E-state index in [1.165, 1.54) is 22.7 Å². The fourth-order valence-electron chi connectivity index (χ4n) is 3.66. The summed E-state index contributed by atoms with van der Waals surface area (Å²) >= 11 is 3.08. The highest BCUT2D eigenvalue weighted by Crippen LogP contribution is 2.36. The van der Waals surface area contributed by atoms with Gasteiger partial charge in [0.05, 0.1) is 66.2 Å². The van der Waals surface area contributed by atoms with Gasteiger partial charge in [-0.15, -0.1) is 22.7 Å². The van der Waals surface area contributed by atoms with Gasteiger partial charge in [0.15, 0.2) is 0 Å². The fourth-order valence-corrected chi connectivity index (χ4v) is 6.23. The molecule has 0 fully saturated rings. The minimum atomic E-state index is -3.56. The van der Waals surface area contributed by atoms with Crippen LogP contribution in [0.5, 0.6) is 0 Å². The molecule has 40 heavy (non-hydrogen) atoms. The zero-order chi connectivity index (χ0) is 28.3. The van der Waals surface area contributed by atoms with Gasteiger partial charge in [0.25, 0.3) is 20.2 Å². The van der Waals surface area contributed by atoms with Crippen molar-refractivity contribution in [3.63, 3.8) is 0 Å². The van der Waals surface area contributed by atoms with Gasteiger partial charge in [-0.25, -0.2) is 15.0 Å². The van der Waals surface area contributed by atoms with Gasteiger partial charge >= 0.3 is 0 Å². The summed E-state index contributed by atoms with van der Waals surface area (Å²) in [5.74, 6) is 0. The number of nitrogens with zero attached hydrogens (tertiary/aromatic N) is 3. The highest BCUT2D eigenvalue weighted by atomic mass is 32.2. The molecule has 0 aliphatic rings. The number of hydrogen-bond acceptors (Lipinski definition) is 11. The van der Waals surface area contributed by atoms with Crippen molar-refractivity contribution in [2.75, 3.05) is 12.5 Å². The summed E-state index contributed by atoms with van der Waals surface area (Å²) in [5.41, 5.74) is 4.13. The topological polar surface area (TPSA) is 125 Å². The Kier molecular flexibility index (Phi) is 8.21. The molecule has 0 unspecified atom stereocenters. The zero-order valence-corrected chi connectivity index (χ0v) is 24.6. The van der Waals surface area contributed by atoms with Crippen molar-refractivity contribution in [1.29, 1.82) is 0 Å². The maximum atomic E-state index is 11.3. The lowest BCUT2D eigenvalue weighted by molar-refractivity contribution is 0.306. The van der Waals surface area contributed by atoms with Crippen LogP contribution in [-0.4, -0.2) is 44.3 Å². The Morgan fingerprint density at radius 3 is 1.20 bits per heavy atom. The van der Waals surface area contributed by atoms with E-state index in [1.807, 2.05) is 66.7 Å². The molecule has 5 aromatic heterocycles. The molecule has 0 amide bonds. The molecule has 206 valence electrons. The van der Waals surface area contributed by atoms with Crippen LogP contribution in [0.15, 0.2) is 78.9 Å². The van der Waals surface area contributed by atoms with Crippen LogP contribution in [-0.2, 0) is 41.8 Å². The lowest BCUT2D eigenvalue weighted by Gasteiger charge is -2.04. The standard InChI is InChI=1S/C27H23N3O6S4/c1-39(31,32)35-16-18-6-3-8-20(28-18)24-12-14-26(37-24)22-10-5-11-23(30-22)27-15-13-25(38-27)21-9-4-7-19(29-21)17-36-40(2,33)34/h3-15H,16-17H2,1-2H3. The maximum Gasteiger partial charge on any atom is 0.264 e. The van der Waals surface area contributed by atoms with Gasteiger partial charge in [0.1, 0.15) is 13.2 Å². The molecule has 0 saturated carbocycles. The van der Waals surface area contributed by atoms with E-state index in [0.717, 1.165) is 54.8 Å². The molecule has 0 radical (unpaired) electrons. The molecule has 0 N–H and O–H groups in total. The molecule has 0 aromatic carbocycles. The third-order valence-electron chi connectivity index (χ3n) is 5.43. The van der Waals surface area contributed by atoms with Crippen LogP contribution in [0.3, 0.4) is 0 Å². The van der Waals surface area contributed by atoms with Crippen molar-refractivity contribution in [2.24, 2.45) is 0 Å². The predicted octanol–water partition coefficient (Wildman–Crippen LogP) is 5.62. The average Bonchev–Trinajstić information content (AvgIpc) is 3.62. The first-order valence-electron chi connectivity index (χ1n) is 11.8. The summed E-state index contributed by atoms with van der Waals surface area (Å²) in [5, 5.41) is 0. The molecule has 5 aromatic rings. The summed E-state index contributed by atoms with van der Waals surface area (Å²) in [4.78, 5) is 17.7. The maximum absolute atomic E-state index is 11.3. The second kappa shape index (κ2) is 11.6. The monoisotopic (exact) mass is 613 g/mol. The van der Waals surface area contributed by atoms with E-state index in [4.69, 9.17) is 13.4 Å². The zero-order valence-electron chi connectivity index (χ0n) is 21.3. The molecule has 0 bridgehead atoms. The van der Waals surface area contributed by atoms with E-state index >= 15 is 0 Å². The third kappa shape index (κ3) is 7.44. The lowest BCUT2D eigenvalue weighted by atomic mass is 10.2. The van der Waals surface area contributed by atoms with Crippen LogP contribution in [0.4, 0.5) is 0 Å². The van der Waals surface area contributed by atoms with Gasteiger partial charge in [-0.05, 0) is 60.7 Å². The van der Waals surface area contributed by atoms with Gasteiger partial charge < -0.3 is 0 Å². The molecule has 9 nitrogen and oxygen atoms in total. The molecule has 5 heterocycles. The Morgan fingerprint density at radius 1 is 0.525 bits per heavy atom. The van der Waals surface area contributed by atoms with Crippen molar-refractivity contribution < 1.29 is 25.2 Å². The van der Waals surface area contributed by atoms with Crippen molar-refractivity contribution in [2.45, 2.75) is 13.2 Å². The number of rotatable bonds is 10. The van der Waals surface area contributed by atoms with Gasteiger partial charge in [0.2, 0.25) is 0 Å². The normalized spacial score (nSPS) is 12.1. The average molecular weight is 614 g/mol. The molecule has 0 atom stereocenters. The van der Waals surface area contributed by atoms with E-state index in [2.05, 4.69) is 9.97 Å². The Labute approximate surface area is 240 Å². The van der Waals surface area contributed by atoms with Crippen LogP contribution in [0.25, 0.3) is 42.3 Å². The molecule has 5 rings (SSSR count). The Hall–Kier alpha value is -3.33. The SMILES string of the molecule is CS(=O)(=O)OCc1cccc(-c2ccc(-c3cccc(-c4ccc(-c5cccc(COS(C)(=O)=O)n5)s4)n3)s2)n1. The van der Waals surface area contributed by atoms with E-state index in [9.17, 15) is 16.8 Å². The second-order valence-electron chi connectivity index (χ2n) is 8.70. The highest BCUT2D eigenvalue weighted by Gasteiger charge is 2.13. The fraction of sp³-hybridized carbons (Fsp3) is 0.148. The minimum absolute atomic E-state index is 0.119. The highest BCUT2D eigenvalue weighted by molar-refractivity contribution is 7.86. The summed E-state index contributed by atoms with van der Waals surface area (Å²) < 4.78 is 55.0. The molecule has 0 spiro atoms. The Balaban J connectivity index is 1.34. The van der Waals surface area contributed by atoms with Gasteiger partial charge in [-0.1, -0.05) is 18.2 Å². The smallest absolute Gasteiger partial charge is 0.264 e. The van der Waals surface area contributed by atoms with Crippen LogP contribution in [0, 0.1) is 0 Å². The third-order valence-corrected chi connectivity index (χ3v) is 8.78. The van der Waals surface area contributed by atoms with Crippen LogP contribution < -0.4 is 0 Å². The van der Waals surface area contributed by atoms with Gasteiger partial charge in [0, 0.05) is 0 Å². The predicted molar refractivity (Wildman–Crippen MR) is 157 cm³/mol. The quantitative estimate of drug-likeness (QED) is 0.185. The Bertz CT molecular complexity index is 1750. The van der Waals surface area contributed by atoms with Crippen molar-refractivity contribution in [1.82, 2.24) is 15.0 Å². The summed E-state index contributed by atoms with van der Waals surface area (Å²) in [6.45, 7) is -0.239. The first-order chi connectivity index (χ1) is 19.0. The first-order valence-corrected chi connectivity index (χ1v) is 17.1. The van der Waals surface area contributed by atoms with E-state index in [1.54, 1.807) is 12.1 Å². The van der Waals surface area contributed by atoms with E-state index in [-0.39, 0.29) is 13.2 Å². The van der Waals surface area contributed by atoms with Crippen molar-refractivity contribution >= 4 is 42.9 Å². The minimum Gasteiger partial charge on any atom is -0.264 e.